The molecule has 7 heteroatoms. The molecular weight excluding hydrogens is 372 g/mol. The second kappa shape index (κ2) is 7.73. The zero-order valence-electron chi connectivity index (χ0n) is 16.1. The maximum atomic E-state index is 9.80. The molecule has 1 saturated carbocycles. The minimum absolute atomic E-state index is 0. The number of aryl methyl sites for hydroxylation is 1. The molecule has 0 saturated heterocycles. The van der Waals surface area contributed by atoms with Crippen LogP contribution in [0.5, 0.6) is 0 Å². The summed E-state index contributed by atoms with van der Waals surface area (Å²) in [5.74, 6) is 1.60. The first-order chi connectivity index (χ1) is 13.3. The average Bonchev–Trinajstić information content (AvgIpc) is 3.38. The van der Waals surface area contributed by atoms with Gasteiger partial charge in [-0.05, 0) is 56.2 Å². The summed E-state index contributed by atoms with van der Waals surface area (Å²) < 4.78 is 2.09. The van der Waals surface area contributed by atoms with Crippen molar-refractivity contribution in [3.8, 4) is 17.3 Å². The molecule has 1 fully saturated rings. The summed E-state index contributed by atoms with van der Waals surface area (Å²) in [6, 6.07) is 4.45. The Bertz CT molecular complexity index is 898. The molecule has 0 bridgehead atoms. The second-order valence-electron chi connectivity index (χ2n) is 8.19. The van der Waals surface area contributed by atoms with Crippen LogP contribution in [0.4, 0.5) is 5.82 Å². The van der Waals surface area contributed by atoms with Crippen molar-refractivity contribution >= 4 is 18.2 Å². The Hall–Kier alpha value is -2.10. The monoisotopic (exact) mass is 398 g/mol. The van der Waals surface area contributed by atoms with Crippen molar-refractivity contribution in [3.63, 3.8) is 0 Å². The summed E-state index contributed by atoms with van der Waals surface area (Å²) in [5, 5.41) is 18.1. The van der Waals surface area contributed by atoms with Crippen LogP contribution in [0, 0.1) is 17.2 Å². The highest BCUT2D eigenvalue weighted by Gasteiger charge is 2.36. The lowest BCUT2D eigenvalue weighted by atomic mass is 9.88. The van der Waals surface area contributed by atoms with E-state index in [2.05, 4.69) is 22.1 Å². The largest absolute Gasteiger partial charge is 0.383 e. The number of nitrogen functional groups attached to an aromatic ring is 1. The molecule has 148 valence electrons. The third-order valence-corrected chi connectivity index (χ3v) is 6.64. The number of nitrogens with one attached hydrogen (secondary N) is 1. The van der Waals surface area contributed by atoms with E-state index >= 15 is 0 Å². The fraction of sp³-hybridized carbons (Fsp3) is 0.571. The lowest BCUT2D eigenvalue weighted by Crippen LogP contribution is -2.12. The number of nitrogens with two attached hydrogens (primary N) is 1. The van der Waals surface area contributed by atoms with E-state index in [9.17, 15) is 5.26 Å². The second-order valence-corrected chi connectivity index (χ2v) is 8.19. The van der Waals surface area contributed by atoms with E-state index in [4.69, 9.17) is 15.8 Å². The van der Waals surface area contributed by atoms with E-state index in [1.165, 1.54) is 36.9 Å². The number of anilines is 1. The van der Waals surface area contributed by atoms with Crippen molar-refractivity contribution in [2.75, 3.05) is 12.3 Å². The van der Waals surface area contributed by atoms with Gasteiger partial charge in [0, 0.05) is 24.6 Å². The van der Waals surface area contributed by atoms with Crippen LogP contribution in [0.15, 0.2) is 6.07 Å². The third-order valence-electron chi connectivity index (χ3n) is 6.64. The molecule has 3 aliphatic rings. The van der Waals surface area contributed by atoms with E-state index in [0.717, 1.165) is 61.8 Å². The van der Waals surface area contributed by atoms with Crippen molar-refractivity contribution < 1.29 is 0 Å². The highest BCUT2D eigenvalue weighted by atomic mass is 35.5. The topological polar surface area (TPSA) is 92.5 Å². The lowest BCUT2D eigenvalue weighted by molar-refractivity contribution is 0.426. The molecule has 0 aromatic carbocycles. The first-order valence-electron chi connectivity index (χ1n) is 10.3. The van der Waals surface area contributed by atoms with Crippen molar-refractivity contribution in [2.45, 2.75) is 64.0 Å². The van der Waals surface area contributed by atoms with Gasteiger partial charge in [-0.3, -0.25) is 4.68 Å². The Labute approximate surface area is 171 Å². The summed E-state index contributed by atoms with van der Waals surface area (Å²) in [7, 11) is 0. The number of hydrogen-bond acceptors (Lipinski definition) is 5. The van der Waals surface area contributed by atoms with E-state index in [-0.39, 0.29) is 12.4 Å². The van der Waals surface area contributed by atoms with Gasteiger partial charge in [0.25, 0.3) is 0 Å². The van der Waals surface area contributed by atoms with Crippen LogP contribution in [0.3, 0.4) is 0 Å². The maximum absolute atomic E-state index is 9.80. The highest BCUT2D eigenvalue weighted by Crippen LogP contribution is 2.48. The van der Waals surface area contributed by atoms with Crippen LogP contribution in [-0.4, -0.2) is 21.3 Å². The first kappa shape index (κ1) is 19.2. The van der Waals surface area contributed by atoms with E-state index in [1.54, 1.807) is 0 Å². The maximum Gasteiger partial charge on any atom is 0.142 e. The Morgan fingerprint density at radius 2 is 2.04 bits per heavy atom. The van der Waals surface area contributed by atoms with Crippen molar-refractivity contribution in [1.82, 2.24) is 20.1 Å². The molecule has 0 amide bonds. The molecule has 0 radical (unpaired) electrons. The zero-order chi connectivity index (χ0) is 18.4. The van der Waals surface area contributed by atoms with Gasteiger partial charge in [-0.2, -0.15) is 10.4 Å². The van der Waals surface area contributed by atoms with Gasteiger partial charge in [-0.1, -0.05) is 12.8 Å². The number of aromatic nitrogens is 3. The van der Waals surface area contributed by atoms with Gasteiger partial charge >= 0.3 is 0 Å². The predicted molar refractivity (Wildman–Crippen MR) is 111 cm³/mol. The fourth-order valence-electron chi connectivity index (χ4n) is 5.35. The number of hydrogen-bond donors (Lipinski definition) is 2. The molecule has 2 aromatic rings. The number of pyridine rings is 1. The molecule has 3 N–H and O–H groups in total. The van der Waals surface area contributed by atoms with Gasteiger partial charge in [0.05, 0.1) is 17.1 Å². The van der Waals surface area contributed by atoms with Gasteiger partial charge in [-0.15, -0.1) is 12.4 Å². The minimum atomic E-state index is 0. The molecule has 6 nitrogen and oxygen atoms in total. The third kappa shape index (κ3) is 3.07. The first-order valence-corrected chi connectivity index (χ1v) is 10.3. The molecule has 2 aromatic heterocycles. The number of fused-ring (bicyclic) bond motifs is 2. The van der Waals surface area contributed by atoms with E-state index in [0.29, 0.717) is 17.3 Å². The lowest BCUT2D eigenvalue weighted by Gasteiger charge is -2.19. The van der Waals surface area contributed by atoms with E-state index in [1.807, 2.05) is 0 Å². The van der Waals surface area contributed by atoms with Crippen molar-refractivity contribution in [2.24, 2.45) is 5.92 Å². The van der Waals surface area contributed by atoms with Crippen LogP contribution < -0.4 is 11.1 Å². The normalized spacial score (nSPS) is 21.5. The highest BCUT2D eigenvalue weighted by molar-refractivity contribution is 5.85. The quantitative estimate of drug-likeness (QED) is 0.807. The van der Waals surface area contributed by atoms with E-state index < -0.39 is 0 Å². The standard InChI is InChI=1S/C21H26N6.ClH/c22-11-17-19(18-10-14-12-24-8-3-9-27(14)26-18)16-7-6-15(13-4-1-2-5-13)20(16)25-21(17)23;/h10,13,15,24H,1-9,12H2,(H2,23,25);1H. The van der Waals surface area contributed by atoms with Crippen LogP contribution in [0.25, 0.3) is 11.3 Å². The molecule has 1 aliphatic heterocycles. The summed E-state index contributed by atoms with van der Waals surface area (Å²) in [4.78, 5) is 4.74. The number of nitrogens with zero attached hydrogens (tertiary/aromatic N) is 4. The summed E-state index contributed by atoms with van der Waals surface area (Å²) in [6.07, 6.45) is 8.43. The Morgan fingerprint density at radius 3 is 2.82 bits per heavy atom. The summed E-state index contributed by atoms with van der Waals surface area (Å²) in [5.41, 5.74) is 12.2. The zero-order valence-corrected chi connectivity index (χ0v) is 16.9. The van der Waals surface area contributed by atoms with Gasteiger partial charge < -0.3 is 11.1 Å². The van der Waals surface area contributed by atoms with Crippen LogP contribution in [0.2, 0.25) is 0 Å². The van der Waals surface area contributed by atoms with Gasteiger partial charge in [0.2, 0.25) is 0 Å². The van der Waals surface area contributed by atoms with Crippen LogP contribution in [-0.2, 0) is 19.5 Å². The molecule has 0 spiro atoms. The molecule has 5 rings (SSSR count). The number of nitriles is 1. The number of halogens is 1. The molecule has 28 heavy (non-hydrogen) atoms. The Morgan fingerprint density at radius 1 is 1.21 bits per heavy atom. The van der Waals surface area contributed by atoms with Crippen molar-refractivity contribution in [1.29, 1.82) is 5.26 Å². The van der Waals surface area contributed by atoms with Gasteiger partial charge in [-0.25, -0.2) is 4.98 Å². The summed E-state index contributed by atoms with van der Waals surface area (Å²) in [6.45, 7) is 2.75. The SMILES string of the molecule is Cl.N#Cc1c(N)nc2c(c1-c1cc3n(n1)CCCNC3)CCC2C1CCCC1. The Kier molecular flexibility index (Phi) is 5.31. The fourth-order valence-corrected chi connectivity index (χ4v) is 5.35. The van der Waals surface area contributed by atoms with Crippen LogP contribution in [0.1, 0.15) is 67.0 Å². The van der Waals surface area contributed by atoms with Gasteiger partial charge in [0.15, 0.2) is 0 Å². The molecule has 3 heterocycles. The molecule has 1 atom stereocenters. The molecular formula is C21H27ClN6. The predicted octanol–water partition coefficient (Wildman–Crippen LogP) is 3.53. The average molecular weight is 399 g/mol. The minimum Gasteiger partial charge on any atom is -0.383 e. The molecule has 2 aliphatic carbocycles. The number of rotatable bonds is 2. The molecule has 1 unspecified atom stereocenters. The Balaban J connectivity index is 0.00000192. The van der Waals surface area contributed by atoms with Crippen molar-refractivity contribution in [3.05, 3.63) is 28.6 Å². The smallest absolute Gasteiger partial charge is 0.142 e. The van der Waals surface area contributed by atoms with Crippen LogP contribution >= 0.6 is 12.4 Å². The van der Waals surface area contributed by atoms with Gasteiger partial charge in [0.1, 0.15) is 17.5 Å². The summed E-state index contributed by atoms with van der Waals surface area (Å²) >= 11 is 0.